The maximum absolute atomic E-state index is 13.6. The summed E-state index contributed by atoms with van der Waals surface area (Å²) < 4.78 is 53.3. The van der Waals surface area contributed by atoms with Crippen LogP contribution in [0.3, 0.4) is 0 Å². The molecule has 1 spiro atoms. The molecular weight excluding hydrogens is 595 g/mol. The lowest BCUT2D eigenvalue weighted by atomic mass is 9.90. The Hall–Kier alpha value is -3.51. The lowest BCUT2D eigenvalue weighted by molar-refractivity contribution is -0.00111. The number of carbonyl (C=O) groups excluding carboxylic acids is 1. The van der Waals surface area contributed by atoms with Crippen molar-refractivity contribution in [3.05, 3.63) is 77.6 Å². The number of nitrogens with one attached hydrogen (secondary N) is 1. The Bertz CT molecular complexity index is 1620. The van der Waals surface area contributed by atoms with Crippen LogP contribution in [-0.2, 0) is 21.3 Å². The average molecular weight is 637 g/mol. The van der Waals surface area contributed by atoms with Gasteiger partial charge in [-0.1, -0.05) is 12.1 Å². The average Bonchev–Trinajstić information content (AvgIpc) is 3.83. The zero-order valence-electron chi connectivity index (χ0n) is 25.6. The van der Waals surface area contributed by atoms with E-state index in [2.05, 4.69) is 21.8 Å². The van der Waals surface area contributed by atoms with Crippen LogP contribution in [0, 0.1) is 5.82 Å². The maximum Gasteiger partial charge on any atom is 0.415 e. The van der Waals surface area contributed by atoms with Crippen LogP contribution in [0.1, 0.15) is 56.1 Å². The first-order valence-electron chi connectivity index (χ1n) is 15.8. The number of halogens is 1. The summed E-state index contributed by atoms with van der Waals surface area (Å²) >= 11 is 0. The van der Waals surface area contributed by atoms with Gasteiger partial charge in [0.05, 0.1) is 18.0 Å². The molecule has 2 heterocycles. The number of rotatable bonds is 12. The molecule has 3 aromatic rings. The fraction of sp³-hybridized carbons (Fsp3) is 0.441. The van der Waals surface area contributed by atoms with Crippen molar-refractivity contribution in [2.75, 3.05) is 44.2 Å². The van der Waals surface area contributed by atoms with Crippen molar-refractivity contribution in [3.63, 3.8) is 0 Å². The molecule has 0 atom stereocenters. The number of carbonyl (C=O) groups is 1. The Morgan fingerprint density at radius 2 is 1.78 bits per heavy atom. The van der Waals surface area contributed by atoms with Crippen LogP contribution >= 0.6 is 0 Å². The smallest absolute Gasteiger partial charge is 0.415 e. The Morgan fingerprint density at radius 1 is 1.07 bits per heavy atom. The van der Waals surface area contributed by atoms with Gasteiger partial charge in [-0.25, -0.2) is 22.3 Å². The normalized spacial score (nSPS) is 18.4. The third-order valence-corrected chi connectivity index (χ3v) is 10.4. The highest BCUT2D eigenvalue weighted by Gasteiger charge is 2.47. The van der Waals surface area contributed by atoms with E-state index in [1.54, 1.807) is 17.0 Å². The molecule has 11 heteroatoms. The summed E-state index contributed by atoms with van der Waals surface area (Å²) in [7, 11) is -3.64. The molecule has 3 aliphatic rings. The van der Waals surface area contributed by atoms with E-state index in [0.29, 0.717) is 50.6 Å². The zero-order valence-corrected chi connectivity index (χ0v) is 26.5. The van der Waals surface area contributed by atoms with Crippen molar-refractivity contribution in [2.24, 2.45) is 5.73 Å². The largest absolute Gasteiger partial charge is 0.494 e. The molecule has 2 aliphatic heterocycles. The number of amides is 1. The third kappa shape index (κ3) is 7.01. The quantitative estimate of drug-likeness (QED) is 0.257. The van der Waals surface area contributed by atoms with Gasteiger partial charge < -0.3 is 15.2 Å². The fourth-order valence-electron chi connectivity index (χ4n) is 6.31. The van der Waals surface area contributed by atoms with Gasteiger partial charge in [0.1, 0.15) is 17.2 Å². The number of sulfonamides is 1. The van der Waals surface area contributed by atoms with Crippen LogP contribution < -0.4 is 20.1 Å². The predicted molar refractivity (Wildman–Crippen MR) is 171 cm³/mol. The van der Waals surface area contributed by atoms with Crippen molar-refractivity contribution in [1.29, 1.82) is 0 Å². The molecule has 2 saturated heterocycles. The number of nitrogens with two attached hydrogens (primary N) is 1. The summed E-state index contributed by atoms with van der Waals surface area (Å²) in [4.78, 5) is 17.1. The second kappa shape index (κ2) is 13.1. The summed E-state index contributed by atoms with van der Waals surface area (Å²) in [6.07, 6.45) is 3.83. The molecule has 0 radical (unpaired) electrons. The summed E-state index contributed by atoms with van der Waals surface area (Å²) in [5, 5.41) is 0. The van der Waals surface area contributed by atoms with Crippen LogP contribution in [0.15, 0.2) is 65.6 Å². The first-order valence-corrected chi connectivity index (χ1v) is 17.3. The van der Waals surface area contributed by atoms with Crippen molar-refractivity contribution >= 4 is 21.8 Å². The molecule has 1 amide bonds. The number of nitrogens with zero attached hydrogens (tertiary/aromatic N) is 2. The van der Waals surface area contributed by atoms with Gasteiger partial charge in [0.15, 0.2) is 0 Å². The van der Waals surface area contributed by atoms with E-state index >= 15 is 0 Å². The first kappa shape index (κ1) is 31.5. The zero-order chi connectivity index (χ0) is 31.6. The van der Waals surface area contributed by atoms with Crippen LogP contribution in [0.5, 0.6) is 5.75 Å². The minimum atomic E-state index is -3.64. The van der Waals surface area contributed by atoms with Gasteiger partial charge in [0.25, 0.3) is 0 Å². The van der Waals surface area contributed by atoms with Crippen molar-refractivity contribution < 1.29 is 27.1 Å². The standard InChI is InChI=1S/C34H41FN4O5S/c1-2-43-32-21-31(25-6-8-27(35)9-7-25)30(24-4-5-24)20-26(32)22-38-18-14-34(15-19-38)23-39(33(40)44-34)28-10-12-29(13-11-28)45(41,42)37-17-3-16-36/h6-13,20-21,24,37H,2-5,14-19,22-23,36H2,1H3. The van der Waals surface area contributed by atoms with Crippen LogP contribution in [0.4, 0.5) is 14.9 Å². The summed E-state index contributed by atoms with van der Waals surface area (Å²) in [5.74, 6) is 1.11. The molecule has 0 unspecified atom stereocenters. The molecule has 6 rings (SSSR count). The van der Waals surface area contributed by atoms with Gasteiger partial charge in [-0.05, 0) is 104 Å². The van der Waals surface area contributed by atoms with E-state index in [0.717, 1.165) is 54.9 Å². The maximum atomic E-state index is 13.6. The minimum Gasteiger partial charge on any atom is -0.494 e. The minimum absolute atomic E-state index is 0.140. The van der Waals surface area contributed by atoms with Crippen molar-refractivity contribution in [1.82, 2.24) is 9.62 Å². The molecule has 1 aliphatic carbocycles. The topological polar surface area (TPSA) is 114 Å². The van der Waals surface area contributed by atoms with Crippen LogP contribution in [-0.4, -0.2) is 64.3 Å². The van der Waals surface area contributed by atoms with Crippen molar-refractivity contribution in [2.45, 2.75) is 62.0 Å². The highest BCUT2D eigenvalue weighted by Crippen LogP contribution is 2.47. The highest BCUT2D eigenvalue weighted by molar-refractivity contribution is 7.89. The second-order valence-corrected chi connectivity index (χ2v) is 14.0. The number of ether oxygens (including phenoxy) is 2. The van der Waals surface area contributed by atoms with E-state index in [1.807, 2.05) is 19.1 Å². The Kier molecular flexibility index (Phi) is 9.15. The summed E-state index contributed by atoms with van der Waals surface area (Å²) in [6.45, 7) is 5.87. The molecule has 3 N–H and O–H groups in total. The highest BCUT2D eigenvalue weighted by atomic mass is 32.2. The number of hydrogen-bond acceptors (Lipinski definition) is 7. The molecule has 9 nitrogen and oxygen atoms in total. The Morgan fingerprint density at radius 3 is 2.42 bits per heavy atom. The van der Waals surface area contributed by atoms with Gasteiger partial charge in [0, 0.05) is 50.3 Å². The van der Waals surface area contributed by atoms with E-state index in [1.165, 1.54) is 29.8 Å². The van der Waals surface area contributed by atoms with E-state index in [4.69, 9.17) is 15.2 Å². The number of likely N-dealkylation sites (tertiary alicyclic amines) is 1. The number of anilines is 1. The molecule has 0 aromatic heterocycles. The van der Waals surface area contributed by atoms with Gasteiger partial charge in [-0.2, -0.15) is 0 Å². The Labute approximate surface area is 264 Å². The molecule has 3 aromatic carbocycles. The van der Waals surface area contributed by atoms with E-state index in [9.17, 15) is 17.6 Å². The van der Waals surface area contributed by atoms with Gasteiger partial charge >= 0.3 is 6.09 Å². The van der Waals surface area contributed by atoms with Crippen molar-refractivity contribution in [3.8, 4) is 16.9 Å². The summed E-state index contributed by atoms with van der Waals surface area (Å²) in [5.41, 5.74) is 10.0. The SMILES string of the molecule is CCOc1cc(-c2ccc(F)cc2)c(C2CC2)cc1CN1CCC2(CC1)CN(c1ccc(S(=O)(=O)NCCCN)cc1)C(=O)O2. The third-order valence-electron chi connectivity index (χ3n) is 8.97. The molecule has 45 heavy (non-hydrogen) atoms. The number of piperidine rings is 1. The van der Waals surface area contributed by atoms with Gasteiger partial charge in [-0.15, -0.1) is 0 Å². The van der Waals surface area contributed by atoms with Gasteiger partial charge in [-0.3, -0.25) is 9.80 Å². The van der Waals surface area contributed by atoms with E-state index in [-0.39, 0.29) is 17.3 Å². The van der Waals surface area contributed by atoms with Crippen LogP contribution in [0.2, 0.25) is 0 Å². The Balaban J connectivity index is 1.12. The molecule has 0 bridgehead atoms. The monoisotopic (exact) mass is 636 g/mol. The fourth-order valence-corrected chi connectivity index (χ4v) is 7.38. The van der Waals surface area contributed by atoms with Gasteiger partial charge in [0.2, 0.25) is 10.0 Å². The van der Waals surface area contributed by atoms with Crippen LogP contribution in [0.25, 0.3) is 11.1 Å². The molecule has 1 saturated carbocycles. The lowest BCUT2D eigenvalue weighted by Crippen LogP contribution is -2.46. The molecule has 3 fully saturated rings. The number of benzene rings is 3. The summed E-state index contributed by atoms with van der Waals surface area (Å²) in [6, 6.07) is 17.4. The van der Waals surface area contributed by atoms with E-state index < -0.39 is 21.7 Å². The number of hydrogen-bond donors (Lipinski definition) is 2. The molecular formula is C34H41FN4O5S. The first-order chi connectivity index (χ1) is 21.7. The lowest BCUT2D eigenvalue weighted by Gasteiger charge is -2.37. The second-order valence-electron chi connectivity index (χ2n) is 12.2. The predicted octanol–water partition coefficient (Wildman–Crippen LogP) is 5.39. The molecule has 240 valence electrons.